The van der Waals surface area contributed by atoms with Crippen molar-refractivity contribution < 1.29 is 28.5 Å². The van der Waals surface area contributed by atoms with Gasteiger partial charge in [-0.1, -0.05) is 0 Å². The Balaban J connectivity index is 1.53. The number of carbonyl (C=O) groups is 2. The molecule has 0 aliphatic carbocycles. The first-order valence-corrected chi connectivity index (χ1v) is 8.33. The molecule has 1 atom stereocenters. The second-order valence-corrected chi connectivity index (χ2v) is 5.79. The predicted octanol–water partition coefficient (Wildman–Crippen LogP) is 2.52. The monoisotopic (exact) mass is 367 g/mol. The maximum atomic E-state index is 12.2. The number of fused-ring (bicyclic) bond motifs is 1. The molecule has 0 amide bonds. The third-order valence-corrected chi connectivity index (χ3v) is 3.84. The first-order valence-electron chi connectivity index (χ1n) is 8.33. The third kappa shape index (κ3) is 4.55. The summed E-state index contributed by atoms with van der Waals surface area (Å²) in [5.41, 5.74) is 0.857. The molecule has 7 heteroatoms. The van der Waals surface area contributed by atoms with Gasteiger partial charge in [0.2, 0.25) is 0 Å². The standard InChI is InChI=1S/C20H17NO6/c1-13(27-16-5-2-14(11-21)3-6-16)20(23)26-12-17(22)15-4-7-18-19(10-15)25-9-8-24-18/h2-7,10,13H,8-9,12H2,1H3/t13-/m0/s1. The number of hydrogen-bond acceptors (Lipinski definition) is 7. The van der Waals surface area contributed by atoms with Crippen LogP contribution in [0.5, 0.6) is 17.2 Å². The van der Waals surface area contributed by atoms with Crippen LogP contribution >= 0.6 is 0 Å². The van der Waals surface area contributed by atoms with Gasteiger partial charge in [-0.05, 0) is 49.4 Å². The lowest BCUT2D eigenvalue weighted by Gasteiger charge is -2.18. The van der Waals surface area contributed by atoms with Gasteiger partial charge in [-0.3, -0.25) is 4.79 Å². The molecular formula is C20H17NO6. The molecule has 27 heavy (non-hydrogen) atoms. The smallest absolute Gasteiger partial charge is 0.347 e. The molecule has 0 fully saturated rings. The predicted molar refractivity (Wildman–Crippen MR) is 94.0 cm³/mol. The van der Waals surface area contributed by atoms with Crippen LogP contribution in [-0.4, -0.2) is 37.7 Å². The molecule has 0 N–H and O–H groups in total. The number of ketones is 1. The van der Waals surface area contributed by atoms with Crippen molar-refractivity contribution in [3.8, 4) is 23.3 Å². The molecular weight excluding hydrogens is 350 g/mol. The Morgan fingerprint density at radius 3 is 2.52 bits per heavy atom. The zero-order chi connectivity index (χ0) is 19.2. The van der Waals surface area contributed by atoms with Crippen molar-refractivity contribution in [2.45, 2.75) is 13.0 Å². The lowest BCUT2D eigenvalue weighted by molar-refractivity contribution is -0.149. The Morgan fingerprint density at radius 2 is 1.81 bits per heavy atom. The molecule has 1 aliphatic rings. The Morgan fingerprint density at radius 1 is 1.11 bits per heavy atom. The van der Waals surface area contributed by atoms with Gasteiger partial charge < -0.3 is 18.9 Å². The summed E-state index contributed by atoms with van der Waals surface area (Å²) in [4.78, 5) is 24.3. The van der Waals surface area contributed by atoms with Crippen molar-refractivity contribution in [1.82, 2.24) is 0 Å². The lowest BCUT2D eigenvalue weighted by atomic mass is 10.1. The van der Waals surface area contributed by atoms with Gasteiger partial charge in [0.25, 0.3) is 0 Å². The Kier molecular flexibility index (Phi) is 5.57. The van der Waals surface area contributed by atoms with Gasteiger partial charge in [0, 0.05) is 5.56 Å². The summed E-state index contributed by atoms with van der Waals surface area (Å²) < 4.78 is 21.3. The minimum atomic E-state index is -0.897. The van der Waals surface area contributed by atoms with Gasteiger partial charge in [0.05, 0.1) is 11.6 Å². The normalized spacial score (nSPS) is 13.2. The molecule has 7 nitrogen and oxygen atoms in total. The minimum Gasteiger partial charge on any atom is -0.486 e. The van der Waals surface area contributed by atoms with Gasteiger partial charge in [-0.2, -0.15) is 5.26 Å². The van der Waals surface area contributed by atoms with Crippen molar-refractivity contribution in [2.75, 3.05) is 19.8 Å². The maximum Gasteiger partial charge on any atom is 0.347 e. The third-order valence-electron chi connectivity index (χ3n) is 3.84. The maximum absolute atomic E-state index is 12.2. The van der Waals surface area contributed by atoms with Crippen LogP contribution in [0, 0.1) is 11.3 Å². The summed E-state index contributed by atoms with van der Waals surface area (Å²) in [6.45, 7) is 2.01. The average molecular weight is 367 g/mol. The Labute approximate surface area is 156 Å². The molecule has 0 saturated heterocycles. The second-order valence-electron chi connectivity index (χ2n) is 5.79. The summed E-state index contributed by atoms with van der Waals surface area (Å²) in [6, 6.07) is 13.2. The molecule has 1 aliphatic heterocycles. The molecule has 0 radical (unpaired) electrons. The largest absolute Gasteiger partial charge is 0.486 e. The number of ether oxygens (including phenoxy) is 4. The highest BCUT2D eigenvalue weighted by molar-refractivity contribution is 5.98. The molecule has 0 unspecified atom stereocenters. The second kappa shape index (κ2) is 8.23. The molecule has 0 saturated carbocycles. The van der Waals surface area contributed by atoms with E-state index in [4.69, 9.17) is 24.2 Å². The van der Waals surface area contributed by atoms with E-state index in [9.17, 15) is 9.59 Å². The molecule has 0 bridgehead atoms. The average Bonchev–Trinajstić information content (AvgIpc) is 2.71. The van der Waals surface area contributed by atoms with E-state index in [-0.39, 0.29) is 5.78 Å². The van der Waals surface area contributed by atoms with Crippen molar-refractivity contribution in [2.24, 2.45) is 0 Å². The molecule has 0 spiro atoms. The van der Waals surface area contributed by atoms with Crippen LogP contribution in [0.3, 0.4) is 0 Å². The fraction of sp³-hybridized carbons (Fsp3) is 0.250. The van der Waals surface area contributed by atoms with Gasteiger partial charge in [-0.15, -0.1) is 0 Å². The van der Waals surface area contributed by atoms with Crippen LogP contribution in [-0.2, 0) is 9.53 Å². The molecule has 3 rings (SSSR count). The van der Waals surface area contributed by atoms with E-state index in [1.54, 1.807) is 42.5 Å². The highest BCUT2D eigenvalue weighted by atomic mass is 16.6. The first-order chi connectivity index (χ1) is 13.1. The molecule has 2 aromatic carbocycles. The fourth-order valence-electron chi connectivity index (χ4n) is 2.41. The Hall–Kier alpha value is -3.53. The quantitative estimate of drug-likeness (QED) is 0.572. The zero-order valence-corrected chi connectivity index (χ0v) is 14.6. The van der Waals surface area contributed by atoms with Gasteiger partial charge in [-0.25, -0.2) is 4.79 Å². The highest BCUT2D eigenvalue weighted by Crippen LogP contribution is 2.30. The summed E-state index contributed by atoms with van der Waals surface area (Å²) in [5, 5.41) is 8.77. The van der Waals surface area contributed by atoms with Crippen LogP contribution in [0.1, 0.15) is 22.8 Å². The van der Waals surface area contributed by atoms with E-state index < -0.39 is 18.7 Å². The number of esters is 1. The van der Waals surface area contributed by atoms with Crippen molar-refractivity contribution in [3.63, 3.8) is 0 Å². The summed E-state index contributed by atoms with van der Waals surface area (Å²) in [7, 11) is 0. The van der Waals surface area contributed by atoms with Crippen molar-refractivity contribution >= 4 is 11.8 Å². The molecule has 2 aromatic rings. The number of carbonyl (C=O) groups excluding carboxylic acids is 2. The first kappa shape index (κ1) is 18.3. The van der Waals surface area contributed by atoms with Crippen molar-refractivity contribution in [1.29, 1.82) is 5.26 Å². The van der Waals surface area contributed by atoms with E-state index in [2.05, 4.69) is 0 Å². The fourth-order valence-corrected chi connectivity index (χ4v) is 2.41. The summed E-state index contributed by atoms with van der Waals surface area (Å²) >= 11 is 0. The van der Waals surface area contributed by atoms with E-state index >= 15 is 0 Å². The summed E-state index contributed by atoms with van der Waals surface area (Å²) in [6.07, 6.45) is -0.897. The number of nitriles is 1. The number of rotatable bonds is 6. The van der Waals surface area contributed by atoms with E-state index in [0.29, 0.717) is 41.6 Å². The lowest BCUT2D eigenvalue weighted by Crippen LogP contribution is -2.28. The Bertz CT molecular complexity index is 884. The van der Waals surface area contributed by atoms with Gasteiger partial charge in [0.1, 0.15) is 19.0 Å². The van der Waals surface area contributed by atoms with Crippen LogP contribution < -0.4 is 14.2 Å². The highest BCUT2D eigenvalue weighted by Gasteiger charge is 2.20. The van der Waals surface area contributed by atoms with E-state index in [1.807, 2.05) is 6.07 Å². The number of Topliss-reactive ketones (excluding diaryl/α,β-unsaturated/α-hetero) is 1. The van der Waals surface area contributed by atoms with E-state index in [1.165, 1.54) is 6.92 Å². The zero-order valence-electron chi connectivity index (χ0n) is 14.6. The van der Waals surface area contributed by atoms with Crippen LogP contribution in [0.4, 0.5) is 0 Å². The van der Waals surface area contributed by atoms with Crippen LogP contribution in [0.25, 0.3) is 0 Å². The molecule has 1 heterocycles. The number of benzene rings is 2. The topological polar surface area (TPSA) is 94.8 Å². The summed E-state index contributed by atoms with van der Waals surface area (Å²) in [5.74, 6) is 0.489. The molecule has 0 aromatic heterocycles. The van der Waals surface area contributed by atoms with Gasteiger partial charge >= 0.3 is 5.97 Å². The van der Waals surface area contributed by atoms with Crippen molar-refractivity contribution in [3.05, 3.63) is 53.6 Å². The number of hydrogen-bond donors (Lipinski definition) is 0. The SMILES string of the molecule is C[C@H](Oc1ccc(C#N)cc1)C(=O)OCC(=O)c1ccc2c(c1)OCCO2. The van der Waals surface area contributed by atoms with Crippen LogP contribution in [0.15, 0.2) is 42.5 Å². The number of nitrogens with zero attached hydrogens (tertiary/aromatic N) is 1. The van der Waals surface area contributed by atoms with E-state index in [0.717, 1.165) is 0 Å². The minimum absolute atomic E-state index is 0.356. The van der Waals surface area contributed by atoms with Gasteiger partial charge in [0.15, 0.2) is 30.0 Å². The van der Waals surface area contributed by atoms with Crippen LogP contribution in [0.2, 0.25) is 0 Å². The molecule has 138 valence electrons.